The van der Waals surface area contributed by atoms with Crippen LogP contribution in [0.3, 0.4) is 0 Å². The van der Waals surface area contributed by atoms with Crippen molar-refractivity contribution >= 4 is 43.3 Å². The van der Waals surface area contributed by atoms with Crippen molar-refractivity contribution in [3.63, 3.8) is 0 Å². The summed E-state index contributed by atoms with van der Waals surface area (Å²) in [4.78, 5) is 0. The molecule has 0 atom stereocenters. The first kappa shape index (κ1) is 44.3. The highest BCUT2D eigenvalue weighted by Crippen LogP contribution is 2.54. The zero-order valence-corrected chi connectivity index (χ0v) is 27.5. The van der Waals surface area contributed by atoms with Crippen LogP contribution < -0.4 is 29.0 Å². The van der Waals surface area contributed by atoms with E-state index in [1.54, 1.807) is 0 Å². The van der Waals surface area contributed by atoms with Gasteiger partial charge >= 0.3 is 56.0 Å². The topological polar surface area (TPSA) is 113 Å². The van der Waals surface area contributed by atoms with Gasteiger partial charge in [0.2, 0.25) is 0 Å². The molecule has 0 radical (unpaired) electrons. The van der Waals surface area contributed by atoms with Gasteiger partial charge < -0.3 is 17.7 Å². The lowest BCUT2D eigenvalue weighted by atomic mass is 10.1. The predicted molar refractivity (Wildman–Crippen MR) is 144 cm³/mol. The molecule has 0 aromatic heterocycles. The van der Waals surface area contributed by atoms with E-state index in [2.05, 4.69) is 13.1 Å². The number of halogens is 18. The lowest BCUT2D eigenvalue weighted by Gasteiger charge is -2.28. The minimum atomic E-state index is -7.26. The molecule has 0 fully saturated rings. The average molecular weight is 876 g/mol. The van der Waals surface area contributed by atoms with E-state index in [9.17, 15) is 95.9 Å². The van der Waals surface area contributed by atoms with Gasteiger partial charge in [-0.15, -0.1) is 0 Å². The van der Waals surface area contributed by atoms with E-state index in [1.807, 2.05) is 0 Å². The molecule has 302 valence electrons. The van der Waals surface area contributed by atoms with E-state index in [4.69, 9.17) is 0 Å². The highest BCUT2D eigenvalue weighted by atomic mass is 32.2. The van der Waals surface area contributed by atoms with Crippen LogP contribution in [0.4, 0.5) is 79.0 Å². The summed E-state index contributed by atoms with van der Waals surface area (Å²) in [5, 5.41) is -6.98. The molecule has 0 saturated heterocycles. The zero-order valence-electron chi connectivity index (χ0n) is 25.0. The zero-order chi connectivity index (χ0) is 42.1. The SMILES string of the molecule is COc1c(OS(=O)(=O)C(F)(F)F)ccc(OS(=O)(=O)C(F)(F)F)c1P(=O)(c1cc(C(F)(F)F)cc(C(F)(F)F)c1)c1cc(C(F)(F)F)cc(C(F)(F)F)c1. The van der Waals surface area contributed by atoms with Crippen LogP contribution in [0.25, 0.3) is 0 Å². The van der Waals surface area contributed by atoms with E-state index < -0.39 is 161 Å². The van der Waals surface area contributed by atoms with Gasteiger partial charge in [0.25, 0.3) is 0 Å². The third-order valence-corrected chi connectivity index (χ3v) is 11.4. The summed E-state index contributed by atoms with van der Waals surface area (Å²) in [5.41, 5.74) is -23.4. The van der Waals surface area contributed by atoms with Crippen molar-refractivity contribution in [2.45, 2.75) is 35.7 Å². The first-order valence-electron chi connectivity index (χ1n) is 12.8. The summed E-state index contributed by atoms with van der Waals surface area (Å²) in [6, 6.07) is -4.96. The summed E-state index contributed by atoms with van der Waals surface area (Å²) >= 11 is 0. The minimum Gasteiger partial charge on any atom is -0.492 e. The summed E-state index contributed by atoms with van der Waals surface area (Å²) in [6.45, 7) is 0. The summed E-state index contributed by atoms with van der Waals surface area (Å²) in [5.74, 6) is -6.70. The van der Waals surface area contributed by atoms with Crippen molar-refractivity contribution in [1.82, 2.24) is 0 Å². The Balaban J connectivity index is 2.87. The van der Waals surface area contributed by atoms with E-state index in [1.165, 1.54) is 0 Å². The number of ether oxygens (including phenoxy) is 1. The van der Waals surface area contributed by atoms with Crippen LogP contribution >= 0.6 is 7.14 Å². The second kappa shape index (κ2) is 13.6. The maximum atomic E-state index is 15.3. The number of rotatable bonds is 8. The molecule has 0 aliphatic carbocycles. The third-order valence-electron chi connectivity index (χ3n) is 6.42. The summed E-state index contributed by atoms with van der Waals surface area (Å²) in [7, 11) is -21.2. The van der Waals surface area contributed by atoms with Gasteiger partial charge in [-0.2, -0.15) is 95.9 Å². The molecule has 0 saturated carbocycles. The number of benzene rings is 3. The Morgan fingerprint density at radius 3 is 1.02 bits per heavy atom. The van der Waals surface area contributed by atoms with Crippen molar-refractivity contribution in [3.05, 3.63) is 70.8 Å². The van der Waals surface area contributed by atoms with Crippen molar-refractivity contribution in [2.75, 3.05) is 7.11 Å². The van der Waals surface area contributed by atoms with Crippen molar-refractivity contribution in [1.29, 1.82) is 0 Å². The van der Waals surface area contributed by atoms with Gasteiger partial charge in [-0.1, -0.05) is 0 Å². The van der Waals surface area contributed by atoms with Crippen molar-refractivity contribution in [3.8, 4) is 17.2 Å². The molecule has 0 heterocycles. The van der Waals surface area contributed by atoms with Gasteiger partial charge in [-0.05, 0) is 48.5 Å². The van der Waals surface area contributed by atoms with Crippen LogP contribution in [0.5, 0.6) is 17.2 Å². The van der Waals surface area contributed by atoms with Gasteiger partial charge in [0, 0.05) is 10.6 Å². The standard InChI is InChI=1S/C25H11F18O8PS2/c1-49-18-16(50-53(45,46)24(38,39)40)2-3-17(51-54(47,48)25(41,42)43)19(18)52(44,14-6-10(20(26,27)28)4-11(7-14)21(29,30)31)15-8-12(22(32,33)34)5-13(9-15)23(35,36)37/h2-9H,1H3. The van der Waals surface area contributed by atoms with Crippen LogP contribution in [0, 0.1) is 0 Å². The number of methoxy groups -OCH3 is 1. The van der Waals surface area contributed by atoms with Crippen molar-refractivity contribution in [2.24, 2.45) is 0 Å². The minimum absolute atomic E-state index is 0.0961. The largest absolute Gasteiger partial charge is 0.534 e. The maximum absolute atomic E-state index is 15.3. The van der Waals surface area contributed by atoms with Crippen LogP contribution in [-0.2, 0) is 49.5 Å². The first-order chi connectivity index (χ1) is 23.9. The average Bonchev–Trinajstić information content (AvgIpc) is 2.97. The predicted octanol–water partition coefficient (Wildman–Crippen LogP) is 7.87. The molecule has 0 aliphatic heterocycles. The molecule has 0 bridgehead atoms. The fraction of sp³-hybridized carbons (Fsp3) is 0.280. The molecular weight excluding hydrogens is 865 g/mol. The molecule has 8 nitrogen and oxygen atoms in total. The highest BCUT2D eigenvalue weighted by molar-refractivity contribution is 7.88. The smallest absolute Gasteiger partial charge is 0.492 e. The van der Waals surface area contributed by atoms with Gasteiger partial charge in [0.1, 0.15) is 5.30 Å². The molecule has 3 aromatic carbocycles. The Kier molecular flexibility index (Phi) is 11.2. The fourth-order valence-electron chi connectivity index (χ4n) is 4.14. The Labute approximate surface area is 287 Å². The second-order valence-electron chi connectivity index (χ2n) is 10.0. The van der Waals surface area contributed by atoms with E-state index in [-0.39, 0.29) is 13.2 Å². The number of alkyl halides is 18. The van der Waals surface area contributed by atoms with E-state index >= 15 is 4.57 Å². The lowest BCUT2D eigenvalue weighted by Crippen LogP contribution is -2.34. The van der Waals surface area contributed by atoms with Crippen LogP contribution in [0.2, 0.25) is 0 Å². The molecule has 54 heavy (non-hydrogen) atoms. The Morgan fingerprint density at radius 2 is 0.759 bits per heavy atom. The molecule has 0 aliphatic rings. The molecule has 0 amide bonds. The van der Waals surface area contributed by atoms with Crippen molar-refractivity contribution < 1.29 is 114 Å². The van der Waals surface area contributed by atoms with E-state index in [0.29, 0.717) is 0 Å². The summed E-state index contributed by atoms with van der Waals surface area (Å²) < 4.78 is 322. The first-order valence-corrected chi connectivity index (χ1v) is 17.3. The monoisotopic (exact) mass is 876 g/mol. The van der Waals surface area contributed by atoms with E-state index in [0.717, 1.165) is 0 Å². The maximum Gasteiger partial charge on any atom is 0.534 e. The molecule has 3 aromatic rings. The Bertz CT molecular complexity index is 2060. The van der Waals surface area contributed by atoms with Gasteiger partial charge in [-0.25, -0.2) is 0 Å². The third kappa shape index (κ3) is 8.90. The lowest BCUT2D eigenvalue weighted by molar-refractivity contribution is -0.144. The molecular formula is C25H11F18O8PS2. The molecule has 0 N–H and O–H groups in total. The Morgan fingerprint density at radius 1 is 0.481 bits per heavy atom. The second-order valence-corrected chi connectivity index (χ2v) is 15.8. The van der Waals surface area contributed by atoms with Crippen LogP contribution in [0.1, 0.15) is 22.3 Å². The van der Waals surface area contributed by atoms with Gasteiger partial charge in [-0.3, -0.25) is 0 Å². The van der Waals surface area contributed by atoms with Crippen LogP contribution in [0.15, 0.2) is 48.5 Å². The molecule has 3 rings (SSSR count). The van der Waals surface area contributed by atoms with Gasteiger partial charge in [0.15, 0.2) is 24.4 Å². The molecule has 0 unspecified atom stereocenters. The number of hydrogen-bond acceptors (Lipinski definition) is 8. The molecule has 0 spiro atoms. The Hall–Kier alpha value is -4.07. The number of hydrogen-bond donors (Lipinski definition) is 0. The normalized spacial score (nSPS) is 14.2. The quantitative estimate of drug-likeness (QED) is 0.0974. The fourth-order valence-corrected chi connectivity index (χ4v) is 8.15. The summed E-state index contributed by atoms with van der Waals surface area (Å²) in [6.07, 6.45) is -24.1. The highest BCUT2D eigenvalue weighted by Gasteiger charge is 2.53. The van der Waals surface area contributed by atoms with Crippen LogP contribution in [-0.4, -0.2) is 35.0 Å². The molecule has 29 heteroatoms. The van der Waals surface area contributed by atoms with Gasteiger partial charge in [0.05, 0.1) is 29.4 Å².